The summed E-state index contributed by atoms with van der Waals surface area (Å²) in [6.07, 6.45) is 1.80. The smallest absolute Gasteiger partial charge is 0.326 e. The van der Waals surface area contributed by atoms with Gasteiger partial charge in [-0.1, -0.05) is 0 Å². The summed E-state index contributed by atoms with van der Waals surface area (Å²) in [5.41, 5.74) is 0.942. The molecule has 0 radical (unpaired) electrons. The van der Waals surface area contributed by atoms with Gasteiger partial charge < -0.3 is 20.1 Å². The molecule has 114 valence electrons. The second-order valence-corrected chi connectivity index (χ2v) is 4.86. The van der Waals surface area contributed by atoms with Crippen LogP contribution in [0.5, 0.6) is 0 Å². The number of aliphatic carboxylic acids is 1. The molecule has 1 aromatic rings. The molecule has 0 bridgehead atoms. The number of carbonyl (C=O) groups excluding carboxylic acids is 1. The lowest BCUT2D eigenvalue weighted by atomic mass is 10.2. The van der Waals surface area contributed by atoms with E-state index in [2.05, 4.69) is 10.3 Å². The number of methoxy groups -OCH3 is 1. The fourth-order valence-corrected chi connectivity index (χ4v) is 2.46. The molecule has 7 heteroatoms. The van der Waals surface area contributed by atoms with E-state index in [-0.39, 0.29) is 17.7 Å². The number of hydrogen-bond acceptors (Lipinski definition) is 5. The molecular weight excluding hydrogens is 274 g/mol. The van der Waals surface area contributed by atoms with E-state index in [0.717, 1.165) is 0 Å². The first kappa shape index (κ1) is 15.2. The Labute approximate surface area is 122 Å². The highest BCUT2D eigenvalue weighted by Gasteiger charge is 2.37. The van der Waals surface area contributed by atoms with Crippen molar-refractivity contribution < 1.29 is 19.4 Å². The summed E-state index contributed by atoms with van der Waals surface area (Å²) in [7, 11) is 1.57. The van der Waals surface area contributed by atoms with Crippen LogP contribution < -0.4 is 10.2 Å². The molecule has 2 rings (SSSR count). The number of carbonyl (C=O) groups is 2. The molecule has 7 nitrogen and oxygen atoms in total. The van der Waals surface area contributed by atoms with Crippen LogP contribution in [0, 0.1) is 0 Å². The summed E-state index contributed by atoms with van der Waals surface area (Å²) < 4.78 is 5.26. The lowest BCUT2D eigenvalue weighted by molar-refractivity contribution is -0.138. The first-order valence-electron chi connectivity index (χ1n) is 6.83. The molecule has 0 aliphatic carbocycles. The molecule has 2 unspecified atom stereocenters. The number of hydrogen-bond donors (Lipinski definition) is 2. The molecule has 0 aromatic carbocycles. The van der Waals surface area contributed by atoms with Gasteiger partial charge in [0.2, 0.25) is 0 Å². The molecule has 1 saturated heterocycles. The number of rotatable bonds is 5. The largest absolute Gasteiger partial charge is 0.480 e. The Kier molecular flexibility index (Phi) is 4.74. The van der Waals surface area contributed by atoms with E-state index < -0.39 is 12.0 Å². The second kappa shape index (κ2) is 6.53. The van der Waals surface area contributed by atoms with Gasteiger partial charge in [0.25, 0.3) is 5.91 Å². The van der Waals surface area contributed by atoms with Gasteiger partial charge in [-0.15, -0.1) is 0 Å². The van der Waals surface area contributed by atoms with Gasteiger partial charge in [0, 0.05) is 38.5 Å². The zero-order valence-electron chi connectivity index (χ0n) is 12.1. The second-order valence-electron chi connectivity index (χ2n) is 4.86. The van der Waals surface area contributed by atoms with E-state index in [1.807, 2.05) is 6.92 Å². The molecule has 0 saturated carbocycles. The predicted molar refractivity (Wildman–Crippen MR) is 76.4 cm³/mol. The van der Waals surface area contributed by atoms with Crippen LogP contribution in [0.15, 0.2) is 18.3 Å². The van der Waals surface area contributed by atoms with Crippen molar-refractivity contribution in [3.8, 4) is 0 Å². The maximum atomic E-state index is 11.8. The number of ether oxygens (including phenoxy) is 1. The standard InChI is InChI=1S/C14H19N3O4/c1-3-15-13(18)11-6-9(4-5-16-11)17-8-10(21-2)7-12(17)14(19)20/h4-6,10,12H,3,7-8H2,1-2H3,(H,15,18)(H,19,20). The number of carboxylic acid groups (broad SMARTS) is 1. The number of nitrogens with one attached hydrogen (secondary N) is 1. The van der Waals surface area contributed by atoms with Crippen molar-refractivity contribution in [3.63, 3.8) is 0 Å². The Morgan fingerprint density at radius 2 is 2.33 bits per heavy atom. The van der Waals surface area contributed by atoms with Crippen LogP contribution in [0.4, 0.5) is 5.69 Å². The van der Waals surface area contributed by atoms with Crippen LogP contribution >= 0.6 is 0 Å². The molecule has 2 atom stereocenters. The molecule has 1 amide bonds. The number of amides is 1. The Balaban J connectivity index is 2.26. The van der Waals surface area contributed by atoms with E-state index in [0.29, 0.717) is 25.2 Å². The Morgan fingerprint density at radius 1 is 1.57 bits per heavy atom. The van der Waals surface area contributed by atoms with Crippen LogP contribution in [0.1, 0.15) is 23.8 Å². The van der Waals surface area contributed by atoms with Gasteiger partial charge in [-0.25, -0.2) is 4.79 Å². The van der Waals surface area contributed by atoms with Crippen molar-refractivity contribution in [2.24, 2.45) is 0 Å². The molecule has 21 heavy (non-hydrogen) atoms. The summed E-state index contributed by atoms with van der Waals surface area (Å²) in [5.74, 6) is -1.17. The predicted octanol–water partition coefficient (Wildman–Crippen LogP) is 0.510. The zero-order valence-corrected chi connectivity index (χ0v) is 12.1. The molecule has 0 spiro atoms. The number of carboxylic acids is 1. The molecule has 1 aliphatic rings. The van der Waals surface area contributed by atoms with Crippen LogP contribution in [0.3, 0.4) is 0 Å². The van der Waals surface area contributed by atoms with Gasteiger partial charge in [-0.05, 0) is 19.1 Å². The molecule has 1 aromatic heterocycles. The third kappa shape index (κ3) is 3.30. The van der Waals surface area contributed by atoms with Gasteiger partial charge in [-0.3, -0.25) is 9.78 Å². The first-order chi connectivity index (χ1) is 10.1. The van der Waals surface area contributed by atoms with Gasteiger partial charge in [0.1, 0.15) is 11.7 Å². The number of anilines is 1. The van der Waals surface area contributed by atoms with E-state index in [9.17, 15) is 14.7 Å². The Morgan fingerprint density at radius 3 is 2.95 bits per heavy atom. The number of aromatic nitrogens is 1. The van der Waals surface area contributed by atoms with Crippen LogP contribution in [-0.2, 0) is 9.53 Å². The Hall–Kier alpha value is -2.15. The summed E-state index contributed by atoms with van der Waals surface area (Å²) >= 11 is 0. The maximum absolute atomic E-state index is 11.8. The molecule has 1 fully saturated rings. The quantitative estimate of drug-likeness (QED) is 0.822. The van der Waals surface area contributed by atoms with Crippen molar-refractivity contribution in [2.45, 2.75) is 25.5 Å². The van der Waals surface area contributed by atoms with Gasteiger partial charge in [0.05, 0.1) is 6.10 Å². The molecular formula is C14H19N3O4. The van der Waals surface area contributed by atoms with E-state index in [1.165, 1.54) is 6.20 Å². The Bertz CT molecular complexity index is 535. The molecule has 2 heterocycles. The highest BCUT2D eigenvalue weighted by Crippen LogP contribution is 2.27. The highest BCUT2D eigenvalue weighted by molar-refractivity contribution is 5.93. The normalized spacial score (nSPS) is 21.3. The van der Waals surface area contributed by atoms with Crippen molar-refractivity contribution in [3.05, 3.63) is 24.0 Å². The minimum atomic E-state index is -0.897. The fraction of sp³-hybridized carbons (Fsp3) is 0.500. The van der Waals surface area contributed by atoms with Crippen molar-refractivity contribution >= 4 is 17.6 Å². The minimum absolute atomic E-state index is 0.132. The first-order valence-corrected chi connectivity index (χ1v) is 6.83. The highest BCUT2D eigenvalue weighted by atomic mass is 16.5. The topological polar surface area (TPSA) is 91.8 Å². The van der Waals surface area contributed by atoms with Crippen molar-refractivity contribution in [1.29, 1.82) is 0 Å². The van der Waals surface area contributed by atoms with Crippen LogP contribution in [-0.4, -0.2) is 54.3 Å². The third-order valence-electron chi connectivity index (χ3n) is 3.53. The summed E-state index contributed by atoms with van der Waals surface area (Å²) in [6, 6.07) is 2.66. The van der Waals surface area contributed by atoms with Gasteiger partial charge in [-0.2, -0.15) is 0 Å². The molecule has 1 aliphatic heterocycles. The van der Waals surface area contributed by atoms with Gasteiger partial charge in [0.15, 0.2) is 0 Å². The summed E-state index contributed by atoms with van der Waals surface area (Å²) in [5, 5.41) is 12.0. The summed E-state index contributed by atoms with van der Waals surface area (Å²) in [6.45, 7) is 2.82. The lowest BCUT2D eigenvalue weighted by Crippen LogP contribution is -2.36. The minimum Gasteiger partial charge on any atom is -0.480 e. The van der Waals surface area contributed by atoms with E-state index >= 15 is 0 Å². The molecule has 2 N–H and O–H groups in total. The van der Waals surface area contributed by atoms with Gasteiger partial charge >= 0.3 is 5.97 Å². The van der Waals surface area contributed by atoms with E-state index in [4.69, 9.17) is 4.74 Å². The fourth-order valence-electron chi connectivity index (χ4n) is 2.46. The van der Waals surface area contributed by atoms with Crippen LogP contribution in [0.25, 0.3) is 0 Å². The number of nitrogens with zero attached hydrogens (tertiary/aromatic N) is 2. The SMILES string of the molecule is CCNC(=O)c1cc(N2CC(OC)CC2C(=O)O)ccn1. The van der Waals surface area contributed by atoms with Crippen molar-refractivity contribution in [2.75, 3.05) is 25.1 Å². The monoisotopic (exact) mass is 293 g/mol. The lowest BCUT2D eigenvalue weighted by Gasteiger charge is -2.23. The average Bonchev–Trinajstić information content (AvgIpc) is 2.92. The zero-order chi connectivity index (χ0) is 15.4. The number of pyridine rings is 1. The maximum Gasteiger partial charge on any atom is 0.326 e. The third-order valence-corrected chi connectivity index (χ3v) is 3.53. The van der Waals surface area contributed by atoms with Crippen molar-refractivity contribution in [1.82, 2.24) is 10.3 Å². The van der Waals surface area contributed by atoms with E-state index in [1.54, 1.807) is 24.1 Å². The average molecular weight is 293 g/mol. The summed E-state index contributed by atoms with van der Waals surface area (Å²) in [4.78, 5) is 28.9. The van der Waals surface area contributed by atoms with Crippen LogP contribution in [0.2, 0.25) is 0 Å².